The number of nitrogens with one attached hydrogen (secondary N) is 1. The second-order valence-corrected chi connectivity index (χ2v) is 8.61. The highest BCUT2D eigenvalue weighted by molar-refractivity contribution is 7.92. The molecule has 0 aliphatic rings. The number of hydrogen-bond donors (Lipinski definition) is 1. The molecule has 0 fully saturated rings. The van der Waals surface area contributed by atoms with E-state index in [0.29, 0.717) is 16.5 Å². The first-order valence-electron chi connectivity index (χ1n) is 9.25. The third kappa shape index (κ3) is 5.75. The van der Waals surface area contributed by atoms with E-state index in [2.05, 4.69) is 5.32 Å². The number of anilines is 1. The maximum atomic E-state index is 13.2. The predicted molar refractivity (Wildman–Crippen MR) is 117 cm³/mol. The molecule has 6 nitrogen and oxygen atoms in total. The third-order valence-corrected chi connectivity index (χ3v) is 6.21. The first-order chi connectivity index (χ1) is 14.5. The van der Waals surface area contributed by atoms with E-state index in [-0.39, 0.29) is 24.6 Å². The van der Waals surface area contributed by atoms with Gasteiger partial charge in [0.15, 0.2) is 0 Å². The lowest BCUT2D eigenvalue weighted by Crippen LogP contribution is -2.41. The summed E-state index contributed by atoms with van der Waals surface area (Å²) in [5.74, 6) is 0.260. The zero-order chi connectivity index (χ0) is 21.4. The lowest BCUT2D eigenvalue weighted by atomic mass is 10.3. The number of benzene rings is 3. The van der Waals surface area contributed by atoms with Gasteiger partial charge in [-0.05, 0) is 48.5 Å². The Balaban J connectivity index is 1.68. The molecule has 0 aliphatic heterocycles. The van der Waals surface area contributed by atoms with Crippen LogP contribution in [-0.2, 0) is 14.8 Å². The number of halogens is 1. The monoisotopic (exact) mass is 444 g/mol. The summed E-state index contributed by atoms with van der Waals surface area (Å²) < 4.78 is 33.0. The van der Waals surface area contributed by atoms with Crippen LogP contribution in [0.15, 0.2) is 89.8 Å². The maximum absolute atomic E-state index is 13.2. The molecule has 30 heavy (non-hydrogen) atoms. The zero-order valence-corrected chi connectivity index (χ0v) is 17.6. The summed E-state index contributed by atoms with van der Waals surface area (Å²) in [5.41, 5.74) is 0.392. The van der Waals surface area contributed by atoms with Gasteiger partial charge < -0.3 is 10.1 Å². The molecule has 0 spiro atoms. The Morgan fingerprint density at radius 3 is 2.13 bits per heavy atom. The standard InChI is InChI=1S/C22H21ClN2O4S/c23-18-11-13-21(14-12-18)30(27,28)25(19-7-3-1-4-8-19)17-22(26)24-15-16-29-20-9-5-2-6-10-20/h1-14H,15-17H2,(H,24,26). The molecule has 0 heterocycles. The Bertz CT molecular complexity index is 1060. The summed E-state index contributed by atoms with van der Waals surface area (Å²) in [4.78, 5) is 12.5. The van der Waals surface area contributed by atoms with Crippen LogP contribution in [-0.4, -0.2) is 34.0 Å². The Morgan fingerprint density at radius 1 is 0.900 bits per heavy atom. The largest absolute Gasteiger partial charge is 0.492 e. The summed E-state index contributed by atoms with van der Waals surface area (Å²) in [6.07, 6.45) is 0. The van der Waals surface area contributed by atoms with Gasteiger partial charge in [0, 0.05) is 5.02 Å². The molecule has 3 rings (SSSR count). The smallest absolute Gasteiger partial charge is 0.264 e. The van der Waals surface area contributed by atoms with Gasteiger partial charge in [-0.25, -0.2) is 8.42 Å². The van der Waals surface area contributed by atoms with Gasteiger partial charge >= 0.3 is 0 Å². The van der Waals surface area contributed by atoms with Crippen molar-refractivity contribution in [2.24, 2.45) is 0 Å². The van der Waals surface area contributed by atoms with Crippen molar-refractivity contribution >= 4 is 33.2 Å². The highest BCUT2D eigenvalue weighted by Crippen LogP contribution is 2.24. The summed E-state index contributed by atoms with van der Waals surface area (Å²) in [6, 6.07) is 23.5. The second kappa shape index (κ2) is 10.1. The molecule has 0 aromatic heterocycles. The van der Waals surface area contributed by atoms with Gasteiger partial charge in [-0.3, -0.25) is 9.10 Å². The molecule has 0 saturated heterocycles. The fourth-order valence-corrected chi connectivity index (χ4v) is 4.25. The van der Waals surface area contributed by atoms with Crippen molar-refractivity contribution in [3.8, 4) is 5.75 Å². The second-order valence-electron chi connectivity index (χ2n) is 6.31. The average molecular weight is 445 g/mol. The van der Waals surface area contributed by atoms with Crippen molar-refractivity contribution in [2.45, 2.75) is 4.90 Å². The maximum Gasteiger partial charge on any atom is 0.264 e. The molecule has 156 valence electrons. The van der Waals surface area contributed by atoms with Gasteiger partial charge in [0.1, 0.15) is 18.9 Å². The number of hydrogen-bond acceptors (Lipinski definition) is 4. The van der Waals surface area contributed by atoms with Gasteiger partial charge in [0.25, 0.3) is 10.0 Å². The molecule has 1 amide bonds. The van der Waals surface area contributed by atoms with Gasteiger partial charge in [0.05, 0.1) is 17.1 Å². The number of para-hydroxylation sites is 2. The fraction of sp³-hybridized carbons (Fsp3) is 0.136. The number of carbonyl (C=O) groups excluding carboxylic acids is 1. The van der Waals surface area contributed by atoms with E-state index in [1.54, 1.807) is 30.3 Å². The first-order valence-corrected chi connectivity index (χ1v) is 11.1. The lowest BCUT2D eigenvalue weighted by Gasteiger charge is -2.24. The van der Waals surface area contributed by atoms with Crippen molar-refractivity contribution in [1.82, 2.24) is 5.32 Å². The van der Waals surface area contributed by atoms with Crippen molar-refractivity contribution in [2.75, 3.05) is 24.0 Å². The van der Waals surface area contributed by atoms with Crippen LogP contribution in [0.5, 0.6) is 5.75 Å². The highest BCUT2D eigenvalue weighted by atomic mass is 35.5. The summed E-state index contributed by atoms with van der Waals surface area (Å²) in [5, 5.41) is 3.12. The molecule has 1 N–H and O–H groups in total. The molecule has 0 radical (unpaired) electrons. The number of carbonyl (C=O) groups is 1. The Hall–Kier alpha value is -3.03. The number of nitrogens with zero attached hydrogens (tertiary/aromatic N) is 1. The van der Waals surface area contributed by atoms with E-state index in [4.69, 9.17) is 16.3 Å². The summed E-state index contributed by atoms with van der Waals surface area (Å²) >= 11 is 5.87. The Kier molecular flexibility index (Phi) is 7.32. The molecule has 0 bridgehead atoms. The first kappa shape index (κ1) is 21.7. The lowest BCUT2D eigenvalue weighted by molar-refractivity contribution is -0.119. The van der Waals surface area contributed by atoms with E-state index in [1.165, 1.54) is 24.3 Å². The molecule has 0 atom stereocenters. The zero-order valence-electron chi connectivity index (χ0n) is 16.1. The van der Waals surface area contributed by atoms with Crippen LogP contribution in [0, 0.1) is 0 Å². The molecule has 0 saturated carbocycles. The van der Waals surface area contributed by atoms with E-state index in [0.717, 1.165) is 4.31 Å². The quantitative estimate of drug-likeness (QED) is 0.510. The van der Waals surface area contributed by atoms with Gasteiger partial charge in [0.2, 0.25) is 5.91 Å². The topological polar surface area (TPSA) is 75.7 Å². The van der Waals surface area contributed by atoms with Crippen molar-refractivity contribution in [3.05, 3.63) is 90.0 Å². The van der Waals surface area contributed by atoms with Crippen molar-refractivity contribution in [1.29, 1.82) is 0 Å². The van der Waals surface area contributed by atoms with Crippen LogP contribution in [0.4, 0.5) is 5.69 Å². The highest BCUT2D eigenvalue weighted by Gasteiger charge is 2.27. The minimum absolute atomic E-state index is 0.0518. The van der Waals surface area contributed by atoms with E-state index in [1.807, 2.05) is 30.3 Å². The molecular weight excluding hydrogens is 424 g/mol. The van der Waals surface area contributed by atoms with Crippen LogP contribution in [0.3, 0.4) is 0 Å². The van der Waals surface area contributed by atoms with Gasteiger partial charge in [-0.2, -0.15) is 0 Å². The minimum atomic E-state index is -3.96. The minimum Gasteiger partial charge on any atom is -0.492 e. The number of ether oxygens (including phenoxy) is 1. The van der Waals surface area contributed by atoms with Crippen LogP contribution < -0.4 is 14.4 Å². The van der Waals surface area contributed by atoms with Crippen LogP contribution in [0.2, 0.25) is 5.02 Å². The van der Waals surface area contributed by atoms with E-state index in [9.17, 15) is 13.2 Å². The predicted octanol–water partition coefficient (Wildman–Crippen LogP) is 3.73. The van der Waals surface area contributed by atoms with Crippen molar-refractivity contribution in [3.63, 3.8) is 0 Å². The number of sulfonamides is 1. The van der Waals surface area contributed by atoms with E-state index >= 15 is 0 Å². The normalized spacial score (nSPS) is 11.0. The number of amides is 1. The van der Waals surface area contributed by atoms with Crippen LogP contribution in [0.1, 0.15) is 0 Å². The van der Waals surface area contributed by atoms with Crippen LogP contribution >= 0.6 is 11.6 Å². The Labute approximate surface area is 181 Å². The van der Waals surface area contributed by atoms with Crippen molar-refractivity contribution < 1.29 is 17.9 Å². The number of rotatable bonds is 9. The van der Waals surface area contributed by atoms with Crippen LogP contribution in [0.25, 0.3) is 0 Å². The molecule has 8 heteroatoms. The SMILES string of the molecule is O=C(CN(c1ccccc1)S(=O)(=O)c1ccc(Cl)cc1)NCCOc1ccccc1. The van der Waals surface area contributed by atoms with E-state index < -0.39 is 15.9 Å². The van der Waals surface area contributed by atoms with Gasteiger partial charge in [-0.15, -0.1) is 0 Å². The molecule has 3 aromatic rings. The third-order valence-electron chi connectivity index (χ3n) is 4.17. The molecule has 3 aromatic carbocycles. The molecule has 0 aliphatic carbocycles. The summed E-state index contributed by atoms with van der Waals surface area (Å²) in [6.45, 7) is 0.155. The summed E-state index contributed by atoms with van der Waals surface area (Å²) in [7, 11) is -3.96. The van der Waals surface area contributed by atoms with Gasteiger partial charge in [-0.1, -0.05) is 48.0 Å². The Morgan fingerprint density at radius 2 is 1.50 bits per heavy atom. The average Bonchev–Trinajstić information content (AvgIpc) is 2.76. The fourth-order valence-electron chi connectivity index (χ4n) is 2.71. The molecule has 0 unspecified atom stereocenters. The molecular formula is C22H21ClN2O4S.